The Hall–Kier alpha value is -1.55. The first kappa shape index (κ1) is 10.5. The quantitative estimate of drug-likeness (QED) is 0.321. The van der Waals surface area contributed by atoms with Gasteiger partial charge in [0.1, 0.15) is 11.6 Å². The van der Waals surface area contributed by atoms with Crippen molar-refractivity contribution in [1.29, 1.82) is 5.41 Å². The number of hydrogen-bond acceptors (Lipinski definition) is 3. The molecule has 4 heteroatoms. The van der Waals surface area contributed by atoms with Crippen LogP contribution in [0.3, 0.4) is 0 Å². The molecule has 0 radical (unpaired) electrons. The second-order valence-corrected chi connectivity index (χ2v) is 2.66. The molecule has 4 nitrogen and oxygen atoms in total. The van der Waals surface area contributed by atoms with Crippen LogP contribution in [0.2, 0.25) is 0 Å². The molecule has 0 spiro atoms. The van der Waals surface area contributed by atoms with Crippen LogP contribution in [0.1, 0.15) is 12.5 Å². The Morgan fingerprint density at radius 1 is 1.43 bits per heavy atom. The third-order valence-electron chi connectivity index (χ3n) is 1.68. The third-order valence-corrected chi connectivity index (χ3v) is 1.68. The number of nitrogen functional groups attached to an aromatic ring is 1. The van der Waals surface area contributed by atoms with Gasteiger partial charge in [-0.15, -0.1) is 0 Å². The minimum Gasteiger partial charge on any atom is -0.467 e. The molecule has 0 aliphatic carbocycles. The molecule has 1 aromatic rings. The average molecular weight is 194 g/mol. The van der Waals surface area contributed by atoms with Gasteiger partial charge < -0.3 is 15.2 Å². The lowest BCUT2D eigenvalue weighted by molar-refractivity contribution is 0.0223. The zero-order valence-corrected chi connectivity index (χ0v) is 8.12. The van der Waals surface area contributed by atoms with Crippen LogP contribution in [-0.2, 0) is 4.74 Å². The summed E-state index contributed by atoms with van der Waals surface area (Å²) in [6.07, 6.45) is 0. The highest BCUT2D eigenvalue weighted by Gasteiger charge is 2.04. The van der Waals surface area contributed by atoms with Gasteiger partial charge in [-0.1, -0.05) is 12.1 Å². The Morgan fingerprint density at radius 3 is 2.79 bits per heavy atom. The van der Waals surface area contributed by atoms with Crippen molar-refractivity contribution in [3.63, 3.8) is 0 Å². The number of benzene rings is 1. The van der Waals surface area contributed by atoms with E-state index >= 15 is 0 Å². The van der Waals surface area contributed by atoms with Gasteiger partial charge >= 0.3 is 0 Å². The molecule has 0 heterocycles. The Labute approximate surface area is 83.1 Å². The smallest absolute Gasteiger partial charge is 0.189 e. The number of ether oxygens (including phenoxy) is 2. The van der Waals surface area contributed by atoms with Gasteiger partial charge in [0.05, 0.1) is 5.56 Å². The van der Waals surface area contributed by atoms with Crippen LogP contribution >= 0.6 is 0 Å². The number of nitrogens with two attached hydrogens (primary N) is 1. The highest BCUT2D eigenvalue weighted by molar-refractivity contribution is 5.97. The second kappa shape index (κ2) is 5.24. The number of para-hydroxylation sites is 1. The molecule has 0 atom stereocenters. The molecular weight excluding hydrogens is 180 g/mol. The van der Waals surface area contributed by atoms with E-state index in [0.717, 1.165) is 0 Å². The van der Waals surface area contributed by atoms with Crippen LogP contribution < -0.4 is 10.5 Å². The van der Waals surface area contributed by atoms with E-state index in [0.29, 0.717) is 17.9 Å². The van der Waals surface area contributed by atoms with Gasteiger partial charge in [0.2, 0.25) is 0 Å². The maximum Gasteiger partial charge on any atom is 0.189 e. The van der Waals surface area contributed by atoms with E-state index < -0.39 is 0 Å². The summed E-state index contributed by atoms with van der Waals surface area (Å²) in [4.78, 5) is 0. The zero-order chi connectivity index (χ0) is 10.4. The van der Waals surface area contributed by atoms with E-state index in [1.54, 1.807) is 12.1 Å². The molecule has 76 valence electrons. The summed E-state index contributed by atoms with van der Waals surface area (Å²) in [5.74, 6) is 0.575. The Bertz CT molecular complexity index is 313. The van der Waals surface area contributed by atoms with Crippen LogP contribution in [-0.4, -0.2) is 19.2 Å². The lowest BCUT2D eigenvalue weighted by Gasteiger charge is -2.09. The first-order chi connectivity index (χ1) is 6.75. The monoisotopic (exact) mass is 194 g/mol. The lowest BCUT2D eigenvalue weighted by Crippen LogP contribution is -2.13. The van der Waals surface area contributed by atoms with Crippen molar-refractivity contribution in [1.82, 2.24) is 0 Å². The van der Waals surface area contributed by atoms with Gasteiger partial charge in [-0.05, 0) is 19.1 Å². The molecule has 3 N–H and O–H groups in total. The van der Waals surface area contributed by atoms with E-state index in [-0.39, 0.29) is 12.6 Å². The standard InChI is InChI=1S/C10H14N2O2/c1-2-13-7-14-9-6-4-3-5-8(9)10(11)12/h3-6H,2,7H2,1H3,(H3,11,12). The molecule has 0 aliphatic heterocycles. The highest BCUT2D eigenvalue weighted by Crippen LogP contribution is 2.16. The highest BCUT2D eigenvalue weighted by atomic mass is 16.7. The van der Waals surface area contributed by atoms with Crippen molar-refractivity contribution < 1.29 is 9.47 Å². The maximum atomic E-state index is 7.31. The molecule has 0 unspecified atom stereocenters. The number of amidine groups is 1. The van der Waals surface area contributed by atoms with E-state index in [1.807, 2.05) is 19.1 Å². The van der Waals surface area contributed by atoms with E-state index in [1.165, 1.54) is 0 Å². The number of rotatable bonds is 5. The fourth-order valence-electron chi connectivity index (χ4n) is 1.00. The number of nitrogens with one attached hydrogen (secondary N) is 1. The van der Waals surface area contributed by atoms with Gasteiger partial charge in [-0.25, -0.2) is 0 Å². The first-order valence-electron chi connectivity index (χ1n) is 4.39. The van der Waals surface area contributed by atoms with Crippen molar-refractivity contribution >= 4 is 5.84 Å². The summed E-state index contributed by atoms with van der Waals surface area (Å²) in [6, 6.07) is 7.14. The fourth-order valence-corrected chi connectivity index (χ4v) is 1.00. The average Bonchev–Trinajstić information content (AvgIpc) is 2.19. The normalized spacial score (nSPS) is 9.79. The van der Waals surface area contributed by atoms with Crippen molar-refractivity contribution in [2.45, 2.75) is 6.92 Å². The Morgan fingerprint density at radius 2 is 2.14 bits per heavy atom. The van der Waals surface area contributed by atoms with Gasteiger partial charge in [0.15, 0.2) is 6.79 Å². The summed E-state index contributed by atoms with van der Waals surface area (Å²) in [6.45, 7) is 2.67. The summed E-state index contributed by atoms with van der Waals surface area (Å²) in [5.41, 5.74) is 5.97. The summed E-state index contributed by atoms with van der Waals surface area (Å²) in [5, 5.41) is 7.31. The molecule has 0 bridgehead atoms. The molecule has 1 rings (SSSR count). The number of hydrogen-bond donors (Lipinski definition) is 2. The summed E-state index contributed by atoms with van der Waals surface area (Å²) < 4.78 is 10.3. The molecule has 0 amide bonds. The van der Waals surface area contributed by atoms with Crippen molar-refractivity contribution in [2.75, 3.05) is 13.4 Å². The van der Waals surface area contributed by atoms with Crippen molar-refractivity contribution in [2.24, 2.45) is 5.73 Å². The molecule has 0 fully saturated rings. The molecule has 1 aromatic carbocycles. The Kier molecular flexibility index (Phi) is 3.94. The molecule has 14 heavy (non-hydrogen) atoms. The molecule has 0 saturated carbocycles. The van der Waals surface area contributed by atoms with Gasteiger partial charge in [-0.2, -0.15) is 0 Å². The SMILES string of the molecule is CCOCOc1ccccc1C(=N)N. The van der Waals surface area contributed by atoms with Gasteiger partial charge in [0, 0.05) is 6.61 Å². The van der Waals surface area contributed by atoms with E-state index in [2.05, 4.69) is 0 Å². The topological polar surface area (TPSA) is 68.3 Å². The third kappa shape index (κ3) is 2.74. The fraction of sp³-hybridized carbons (Fsp3) is 0.300. The first-order valence-corrected chi connectivity index (χ1v) is 4.39. The van der Waals surface area contributed by atoms with Crippen molar-refractivity contribution in [3.05, 3.63) is 29.8 Å². The summed E-state index contributed by atoms with van der Waals surface area (Å²) >= 11 is 0. The van der Waals surface area contributed by atoms with Crippen LogP contribution in [0.4, 0.5) is 0 Å². The Balaban J connectivity index is 2.69. The van der Waals surface area contributed by atoms with Gasteiger partial charge in [-0.3, -0.25) is 5.41 Å². The molecule has 0 aromatic heterocycles. The predicted molar refractivity (Wildman–Crippen MR) is 54.6 cm³/mol. The van der Waals surface area contributed by atoms with Crippen LogP contribution in [0, 0.1) is 5.41 Å². The minimum absolute atomic E-state index is 0.00269. The summed E-state index contributed by atoms with van der Waals surface area (Å²) in [7, 11) is 0. The van der Waals surface area contributed by atoms with Crippen LogP contribution in [0.25, 0.3) is 0 Å². The van der Waals surface area contributed by atoms with Crippen molar-refractivity contribution in [3.8, 4) is 5.75 Å². The van der Waals surface area contributed by atoms with Gasteiger partial charge in [0.25, 0.3) is 0 Å². The van der Waals surface area contributed by atoms with E-state index in [9.17, 15) is 0 Å². The largest absolute Gasteiger partial charge is 0.467 e. The van der Waals surface area contributed by atoms with E-state index in [4.69, 9.17) is 20.6 Å². The zero-order valence-electron chi connectivity index (χ0n) is 8.12. The molecule has 0 saturated heterocycles. The molecule has 0 aliphatic rings. The maximum absolute atomic E-state index is 7.31. The van der Waals surface area contributed by atoms with Crippen LogP contribution in [0.5, 0.6) is 5.75 Å². The predicted octanol–water partition coefficient (Wildman–Crippen LogP) is 1.34. The van der Waals surface area contributed by atoms with Crippen LogP contribution in [0.15, 0.2) is 24.3 Å². The lowest BCUT2D eigenvalue weighted by atomic mass is 10.2. The molecular formula is C10H14N2O2. The second-order valence-electron chi connectivity index (χ2n) is 2.66. The minimum atomic E-state index is -0.00269.